The van der Waals surface area contributed by atoms with E-state index in [1.54, 1.807) is 0 Å². The molecule has 0 fully saturated rings. The Hall–Kier alpha value is -0.680. The number of aromatic nitrogens is 1. The van der Waals surface area contributed by atoms with Crippen molar-refractivity contribution in [2.45, 2.75) is 0 Å². The number of nitrogens with one attached hydrogen (secondary N) is 1. The second kappa shape index (κ2) is 4.37. The number of hydrogen-bond acceptors (Lipinski definition) is 3. The van der Waals surface area contributed by atoms with E-state index in [4.69, 9.17) is 11.6 Å². The molecule has 0 saturated heterocycles. The minimum absolute atomic E-state index is 0.00995. The van der Waals surface area contributed by atoms with Gasteiger partial charge in [0.2, 0.25) is 0 Å². The van der Waals surface area contributed by atoms with Crippen molar-refractivity contribution in [2.75, 3.05) is 13.2 Å². The molecule has 1 aromatic rings. The summed E-state index contributed by atoms with van der Waals surface area (Å²) < 4.78 is 12.1. The van der Waals surface area contributed by atoms with Crippen LogP contribution in [0.3, 0.4) is 0 Å². The maximum absolute atomic E-state index is 11.6. The molecule has 1 aromatic heterocycles. The minimum atomic E-state index is -0.579. The number of nitrogens with zero attached hydrogens (tertiary/aromatic N) is 1. The largest absolute Gasteiger partial charge is 0.347 e. The molecule has 0 aromatic carbocycles. The van der Waals surface area contributed by atoms with E-state index in [-0.39, 0.29) is 17.5 Å². The number of hydrogen-bond donors (Lipinski definition) is 1. The van der Waals surface area contributed by atoms with Crippen LogP contribution in [0.4, 0.5) is 4.39 Å². The molecule has 0 bridgehead atoms. The highest BCUT2D eigenvalue weighted by Crippen LogP contribution is 2.17. The van der Waals surface area contributed by atoms with Gasteiger partial charge in [0, 0.05) is 6.54 Å². The van der Waals surface area contributed by atoms with Gasteiger partial charge < -0.3 is 5.32 Å². The van der Waals surface area contributed by atoms with Crippen molar-refractivity contribution in [3.63, 3.8) is 0 Å². The number of thiazole rings is 1. The third-order valence-corrected chi connectivity index (χ3v) is 2.17. The van der Waals surface area contributed by atoms with Crippen molar-refractivity contribution >= 4 is 28.8 Å². The molecule has 3 nitrogen and oxygen atoms in total. The summed E-state index contributed by atoms with van der Waals surface area (Å²) in [6, 6.07) is 0. The highest BCUT2D eigenvalue weighted by atomic mass is 35.5. The van der Waals surface area contributed by atoms with Crippen molar-refractivity contribution in [2.24, 2.45) is 0 Å². The van der Waals surface area contributed by atoms with Crippen LogP contribution in [0.1, 0.15) is 9.80 Å². The fourth-order valence-electron chi connectivity index (χ4n) is 0.596. The average Bonchev–Trinajstić information content (AvgIpc) is 2.47. The van der Waals surface area contributed by atoms with E-state index in [2.05, 4.69) is 10.3 Å². The van der Waals surface area contributed by atoms with Crippen molar-refractivity contribution in [1.82, 2.24) is 10.3 Å². The monoisotopic (exact) mass is 208 g/mol. The Kier molecular flexibility index (Phi) is 3.43. The fraction of sp³-hybridized carbons (Fsp3) is 0.333. The molecule has 0 unspecified atom stereocenters. The molecule has 0 aliphatic carbocycles. The Morgan fingerprint density at radius 1 is 1.83 bits per heavy atom. The predicted octanol–water partition coefficient (Wildman–Crippen LogP) is 1.50. The first-order valence-electron chi connectivity index (χ1n) is 3.19. The van der Waals surface area contributed by atoms with Gasteiger partial charge >= 0.3 is 0 Å². The zero-order valence-electron chi connectivity index (χ0n) is 6.01. The van der Waals surface area contributed by atoms with Crippen molar-refractivity contribution in [3.8, 4) is 0 Å². The Bertz CT molecular complexity index is 278. The van der Waals surface area contributed by atoms with E-state index in [9.17, 15) is 9.18 Å². The molecular weight excluding hydrogens is 203 g/mol. The van der Waals surface area contributed by atoms with Gasteiger partial charge in [-0.3, -0.25) is 4.79 Å². The fourth-order valence-corrected chi connectivity index (χ4v) is 1.42. The third-order valence-electron chi connectivity index (χ3n) is 1.05. The second-order valence-electron chi connectivity index (χ2n) is 1.91. The van der Waals surface area contributed by atoms with Crippen LogP contribution in [0, 0.1) is 0 Å². The standard InChI is InChI=1S/C6H6ClFN2OS/c7-4-3-10-6(12-4)5(11)9-2-1-8/h3H,1-2H2,(H,9,11). The van der Waals surface area contributed by atoms with Crippen molar-refractivity contribution in [1.29, 1.82) is 0 Å². The Morgan fingerprint density at radius 3 is 3.08 bits per heavy atom. The molecule has 6 heteroatoms. The maximum Gasteiger partial charge on any atom is 0.280 e. The lowest BCUT2D eigenvalue weighted by Crippen LogP contribution is -2.25. The number of rotatable bonds is 3. The lowest BCUT2D eigenvalue weighted by atomic mass is 10.6. The van der Waals surface area contributed by atoms with E-state index in [1.807, 2.05) is 0 Å². The Labute approximate surface area is 77.6 Å². The first-order chi connectivity index (χ1) is 5.74. The molecule has 0 atom stereocenters. The Morgan fingerprint density at radius 2 is 2.58 bits per heavy atom. The molecule has 1 heterocycles. The smallest absolute Gasteiger partial charge is 0.280 e. The lowest BCUT2D eigenvalue weighted by molar-refractivity contribution is 0.0950. The van der Waals surface area contributed by atoms with Crippen LogP contribution in [0.15, 0.2) is 6.20 Å². The molecule has 12 heavy (non-hydrogen) atoms. The van der Waals surface area contributed by atoms with Gasteiger partial charge in [-0.2, -0.15) is 0 Å². The number of carbonyl (C=O) groups excluding carboxylic acids is 1. The molecule has 66 valence electrons. The molecule has 0 spiro atoms. The molecule has 0 saturated carbocycles. The summed E-state index contributed by atoms with van der Waals surface area (Å²) in [5.74, 6) is -0.385. The summed E-state index contributed by atoms with van der Waals surface area (Å²) in [5, 5.41) is 2.60. The minimum Gasteiger partial charge on any atom is -0.347 e. The van der Waals surface area contributed by atoms with Gasteiger partial charge in [0.1, 0.15) is 11.0 Å². The summed E-state index contributed by atoms with van der Waals surface area (Å²) in [6.07, 6.45) is 1.39. The van der Waals surface area contributed by atoms with Gasteiger partial charge in [-0.1, -0.05) is 22.9 Å². The van der Waals surface area contributed by atoms with E-state index in [0.29, 0.717) is 4.34 Å². The predicted molar refractivity (Wildman–Crippen MR) is 45.4 cm³/mol. The van der Waals surface area contributed by atoms with Crippen LogP contribution >= 0.6 is 22.9 Å². The van der Waals surface area contributed by atoms with Crippen LogP contribution in [-0.2, 0) is 0 Å². The zero-order valence-corrected chi connectivity index (χ0v) is 7.58. The average molecular weight is 209 g/mol. The third kappa shape index (κ3) is 2.42. The van der Waals surface area contributed by atoms with Gasteiger partial charge in [-0.25, -0.2) is 9.37 Å². The molecule has 1 rings (SSSR count). The number of alkyl halides is 1. The molecule has 1 N–H and O–H groups in total. The molecule has 0 aliphatic heterocycles. The van der Waals surface area contributed by atoms with Crippen LogP contribution in [0.2, 0.25) is 4.34 Å². The van der Waals surface area contributed by atoms with Crippen LogP contribution in [0.5, 0.6) is 0 Å². The SMILES string of the molecule is O=C(NCCF)c1ncc(Cl)s1. The lowest BCUT2D eigenvalue weighted by Gasteiger charge is -1.96. The van der Waals surface area contributed by atoms with Gasteiger partial charge in [-0.05, 0) is 0 Å². The highest BCUT2D eigenvalue weighted by Gasteiger charge is 2.08. The van der Waals surface area contributed by atoms with Crippen LogP contribution < -0.4 is 5.32 Å². The number of amides is 1. The maximum atomic E-state index is 11.6. The number of halogens is 2. The molecule has 0 radical (unpaired) electrons. The summed E-state index contributed by atoms with van der Waals surface area (Å²) in [4.78, 5) is 14.7. The summed E-state index contributed by atoms with van der Waals surface area (Å²) >= 11 is 6.61. The molecule has 0 aliphatic rings. The normalized spacial score (nSPS) is 9.83. The topological polar surface area (TPSA) is 42.0 Å². The Balaban J connectivity index is 2.53. The van der Waals surface area contributed by atoms with Crippen LogP contribution in [0.25, 0.3) is 0 Å². The quantitative estimate of drug-likeness (QED) is 0.818. The first kappa shape index (κ1) is 9.41. The molecular formula is C6H6ClFN2OS. The van der Waals surface area contributed by atoms with E-state index < -0.39 is 6.67 Å². The second-order valence-corrected chi connectivity index (χ2v) is 3.58. The first-order valence-corrected chi connectivity index (χ1v) is 4.39. The highest BCUT2D eigenvalue weighted by molar-refractivity contribution is 7.17. The van der Waals surface area contributed by atoms with E-state index in [1.165, 1.54) is 6.20 Å². The van der Waals surface area contributed by atoms with Gasteiger partial charge in [0.05, 0.1) is 6.20 Å². The van der Waals surface area contributed by atoms with Gasteiger partial charge in [0.15, 0.2) is 5.01 Å². The van der Waals surface area contributed by atoms with Crippen molar-refractivity contribution in [3.05, 3.63) is 15.5 Å². The molecule has 1 amide bonds. The summed E-state index contributed by atoms with van der Waals surface area (Å²) in [5.41, 5.74) is 0. The van der Waals surface area contributed by atoms with Crippen LogP contribution in [-0.4, -0.2) is 24.1 Å². The zero-order chi connectivity index (χ0) is 8.97. The van der Waals surface area contributed by atoms with Crippen molar-refractivity contribution < 1.29 is 9.18 Å². The summed E-state index contributed by atoms with van der Waals surface area (Å²) in [6.45, 7) is -0.569. The number of carbonyl (C=O) groups is 1. The van der Waals surface area contributed by atoms with E-state index in [0.717, 1.165) is 11.3 Å². The van der Waals surface area contributed by atoms with E-state index >= 15 is 0 Å². The summed E-state index contributed by atoms with van der Waals surface area (Å²) in [7, 11) is 0. The van der Waals surface area contributed by atoms with Gasteiger partial charge in [0.25, 0.3) is 5.91 Å². The van der Waals surface area contributed by atoms with Gasteiger partial charge in [-0.15, -0.1) is 0 Å².